The van der Waals surface area contributed by atoms with Crippen molar-refractivity contribution in [2.75, 3.05) is 11.9 Å². The highest BCUT2D eigenvalue weighted by Crippen LogP contribution is 2.29. The highest BCUT2D eigenvalue weighted by Gasteiger charge is 2.19. The number of hydrogen-bond acceptors (Lipinski definition) is 3. The van der Waals surface area contributed by atoms with E-state index in [1.54, 1.807) is 0 Å². The first-order valence-electron chi connectivity index (χ1n) is 7.24. The van der Waals surface area contributed by atoms with Crippen LogP contribution in [-0.2, 0) is 7.05 Å². The van der Waals surface area contributed by atoms with Crippen LogP contribution in [-0.4, -0.2) is 21.1 Å². The van der Waals surface area contributed by atoms with Gasteiger partial charge in [-0.25, -0.2) is 9.97 Å². The standard InChI is InChI=1S/C15H22N4/c1-11-4-3-5-12(8-11)9-17-15-14-13(6-7-16-15)19(2)10-18-14/h6-7,10-12H,3-5,8-9H2,1-2H3,(H,16,17). The van der Waals surface area contributed by atoms with Crippen LogP contribution in [0.1, 0.15) is 32.6 Å². The van der Waals surface area contributed by atoms with Crippen molar-refractivity contribution in [3.8, 4) is 0 Å². The molecule has 0 aliphatic heterocycles. The molecule has 3 rings (SSSR count). The minimum atomic E-state index is 0.782. The summed E-state index contributed by atoms with van der Waals surface area (Å²) in [6, 6.07) is 2.01. The van der Waals surface area contributed by atoms with Gasteiger partial charge in [-0.05, 0) is 30.7 Å². The molecule has 4 nitrogen and oxygen atoms in total. The van der Waals surface area contributed by atoms with Gasteiger partial charge in [0.25, 0.3) is 0 Å². The van der Waals surface area contributed by atoms with E-state index in [2.05, 4.69) is 22.2 Å². The van der Waals surface area contributed by atoms with Crippen LogP contribution in [0.15, 0.2) is 18.6 Å². The summed E-state index contributed by atoms with van der Waals surface area (Å²) in [5, 5.41) is 3.50. The fraction of sp³-hybridized carbons (Fsp3) is 0.600. The fourth-order valence-electron chi connectivity index (χ4n) is 3.18. The average Bonchev–Trinajstić information content (AvgIpc) is 2.79. The van der Waals surface area contributed by atoms with Crippen LogP contribution in [0.4, 0.5) is 5.82 Å². The Morgan fingerprint density at radius 1 is 1.37 bits per heavy atom. The topological polar surface area (TPSA) is 42.7 Å². The Morgan fingerprint density at radius 3 is 3.11 bits per heavy atom. The van der Waals surface area contributed by atoms with Gasteiger partial charge < -0.3 is 9.88 Å². The molecule has 1 fully saturated rings. The molecular formula is C15H22N4. The first-order chi connectivity index (χ1) is 9.24. The first kappa shape index (κ1) is 12.5. The zero-order chi connectivity index (χ0) is 13.2. The lowest BCUT2D eigenvalue weighted by Gasteiger charge is -2.26. The second-order valence-electron chi connectivity index (χ2n) is 5.90. The SMILES string of the molecule is CC1CCCC(CNc2nccc3c2ncn3C)C1. The van der Waals surface area contributed by atoms with Gasteiger partial charge in [0.2, 0.25) is 0 Å². The number of anilines is 1. The molecule has 2 atom stereocenters. The lowest BCUT2D eigenvalue weighted by Crippen LogP contribution is -2.21. The maximum atomic E-state index is 4.44. The van der Waals surface area contributed by atoms with Gasteiger partial charge in [0, 0.05) is 19.8 Å². The molecule has 1 saturated carbocycles. The zero-order valence-electron chi connectivity index (χ0n) is 11.8. The van der Waals surface area contributed by atoms with Gasteiger partial charge in [0.1, 0.15) is 5.52 Å². The summed E-state index contributed by atoms with van der Waals surface area (Å²) in [7, 11) is 2.02. The Balaban J connectivity index is 1.71. The Kier molecular flexibility index (Phi) is 3.40. The van der Waals surface area contributed by atoms with Crippen molar-refractivity contribution in [1.29, 1.82) is 0 Å². The van der Waals surface area contributed by atoms with Crippen molar-refractivity contribution in [3.05, 3.63) is 18.6 Å². The first-order valence-corrected chi connectivity index (χ1v) is 7.24. The summed E-state index contributed by atoms with van der Waals surface area (Å²) in [4.78, 5) is 8.87. The highest BCUT2D eigenvalue weighted by atomic mass is 15.1. The number of pyridine rings is 1. The molecule has 1 N–H and O–H groups in total. The van der Waals surface area contributed by atoms with Crippen LogP contribution in [0.25, 0.3) is 11.0 Å². The number of nitrogens with zero attached hydrogens (tertiary/aromatic N) is 3. The number of hydrogen-bond donors (Lipinski definition) is 1. The van der Waals surface area contributed by atoms with E-state index in [1.165, 1.54) is 25.7 Å². The van der Waals surface area contributed by atoms with Gasteiger partial charge in [-0.3, -0.25) is 0 Å². The monoisotopic (exact) mass is 258 g/mol. The summed E-state index contributed by atoms with van der Waals surface area (Å²) >= 11 is 0. The zero-order valence-corrected chi connectivity index (χ0v) is 11.8. The van der Waals surface area contributed by atoms with Crippen molar-refractivity contribution in [2.45, 2.75) is 32.6 Å². The van der Waals surface area contributed by atoms with E-state index in [4.69, 9.17) is 0 Å². The van der Waals surface area contributed by atoms with Crippen molar-refractivity contribution >= 4 is 16.9 Å². The highest BCUT2D eigenvalue weighted by molar-refractivity contribution is 5.85. The number of imidazole rings is 1. The third-order valence-electron chi connectivity index (χ3n) is 4.25. The normalized spacial score (nSPS) is 23.7. The van der Waals surface area contributed by atoms with Crippen LogP contribution in [0.3, 0.4) is 0 Å². The van der Waals surface area contributed by atoms with E-state index in [1.807, 2.05) is 30.2 Å². The minimum absolute atomic E-state index is 0.782. The summed E-state index contributed by atoms with van der Waals surface area (Å²) in [5.74, 6) is 2.58. The van der Waals surface area contributed by atoms with Crippen LogP contribution >= 0.6 is 0 Å². The second kappa shape index (κ2) is 5.19. The van der Waals surface area contributed by atoms with Crippen LogP contribution in [0, 0.1) is 11.8 Å². The van der Waals surface area contributed by atoms with Crippen LogP contribution < -0.4 is 5.32 Å². The lowest BCUT2D eigenvalue weighted by molar-refractivity contribution is 0.293. The molecule has 0 saturated heterocycles. The van der Waals surface area contributed by atoms with Gasteiger partial charge in [-0.1, -0.05) is 19.8 Å². The van der Waals surface area contributed by atoms with Crippen LogP contribution in [0.5, 0.6) is 0 Å². The molecule has 2 unspecified atom stereocenters. The molecule has 0 bridgehead atoms. The van der Waals surface area contributed by atoms with Crippen molar-refractivity contribution in [3.63, 3.8) is 0 Å². The summed E-state index contributed by atoms with van der Waals surface area (Å²) in [6.07, 6.45) is 9.15. The van der Waals surface area contributed by atoms with E-state index < -0.39 is 0 Å². The quantitative estimate of drug-likeness (QED) is 0.919. The number of aryl methyl sites for hydroxylation is 1. The van der Waals surface area contributed by atoms with E-state index >= 15 is 0 Å². The molecular weight excluding hydrogens is 236 g/mol. The molecule has 1 aliphatic rings. The molecule has 2 aromatic heterocycles. The molecule has 2 aromatic rings. The molecule has 0 radical (unpaired) electrons. The Hall–Kier alpha value is -1.58. The van der Waals surface area contributed by atoms with Gasteiger partial charge >= 0.3 is 0 Å². The summed E-state index contributed by atoms with van der Waals surface area (Å²) < 4.78 is 2.03. The summed E-state index contributed by atoms with van der Waals surface area (Å²) in [6.45, 7) is 3.39. The maximum absolute atomic E-state index is 4.44. The number of rotatable bonds is 3. The lowest BCUT2D eigenvalue weighted by atomic mass is 9.82. The number of nitrogens with one attached hydrogen (secondary N) is 1. The predicted octanol–water partition coefficient (Wildman–Crippen LogP) is 3.21. The fourth-order valence-corrected chi connectivity index (χ4v) is 3.18. The largest absolute Gasteiger partial charge is 0.368 e. The van der Waals surface area contributed by atoms with Crippen molar-refractivity contribution < 1.29 is 0 Å². The Labute approximate surface area is 114 Å². The molecule has 1 aliphatic carbocycles. The second-order valence-corrected chi connectivity index (χ2v) is 5.90. The van der Waals surface area contributed by atoms with Gasteiger partial charge in [-0.2, -0.15) is 0 Å². The smallest absolute Gasteiger partial charge is 0.154 e. The molecule has 102 valence electrons. The minimum Gasteiger partial charge on any atom is -0.368 e. The van der Waals surface area contributed by atoms with Gasteiger partial charge in [-0.15, -0.1) is 0 Å². The van der Waals surface area contributed by atoms with Crippen molar-refractivity contribution in [2.24, 2.45) is 18.9 Å². The number of aromatic nitrogens is 3. The molecule has 2 heterocycles. The van der Waals surface area contributed by atoms with E-state index in [0.29, 0.717) is 0 Å². The maximum Gasteiger partial charge on any atom is 0.154 e. The van der Waals surface area contributed by atoms with E-state index in [0.717, 1.165) is 35.2 Å². The average molecular weight is 258 g/mol. The predicted molar refractivity (Wildman–Crippen MR) is 78.1 cm³/mol. The Morgan fingerprint density at radius 2 is 2.26 bits per heavy atom. The third kappa shape index (κ3) is 2.57. The van der Waals surface area contributed by atoms with E-state index in [9.17, 15) is 0 Å². The summed E-state index contributed by atoms with van der Waals surface area (Å²) in [5.41, 5.74) is 2.11. The van der Waals surface area contributed by atoms with Crippen molar-refractivity contribution in [1.82, 2.24) is 14.5 Å². The van der Waals surface area contributed by atoms with Gasteiger partial charge in [0.15, 0.2) is 5.82 Å². The Bertz CT molecular complexity index is 560. The van der Waals surface area contributed by atoms with Crippen LogP contribution in [0.2, 0.25) is 0 Å². The number of fused-ring (bicyclic) bond motifs is 1. The molecule has 0 amide bonds. The molecule has 4 heteroatoms. The molecule has 0 aromatic carbocycles. The molecule has 0 spiro atoms. The van der Waals surface area contributed by atoms with Gasteiger partial charge in [0.05, 0.1) is 11.8 Å². The third-order valence-corrected chi connectivity index (χ3v) is 4.25. The molecule has 19 heavy (non-hydrogen) atoms. The van der Waals surface area contributed by atoms with E-state index in [-0.39, 0.29) is 0 Å².